The lowest BCUT2D eigenvalue weighted by molar-refractivity contribution is -0.0866. The highest BCUT2D eigenvalue weighted by Gasteiger charge is 2.48. The maximum absolute atomic E-state index is 11.8. The fourth-order valence-electron chi connectivity index (χ4n) is 2.19. The zero-order valence-corrected chi connectivity index (χ0v) is 10.7. The van der Waals surface area contributed by atoms with E-state index < -0.39 is 24.5 Å². The first kappa shape index (κ1) is 13.6. The van der Waals surface area contributed by atoms with Crippen LogP contribution in [-0.2, 0) is 9.47 Å². The highest BCUT2D eigenvalue weighted by atomic mass is 32.1. The van der Waals surface area contributed by atoms with E-state index in [1.165, 1.54) is 12.0 Å². The van der Waals surface area contributed by atoms with Gasteiger partial charge in [0.15, 0.2) is 6.23 Å². The molecule has 8 heteroatoms. The average Bonchev–Trinajstić information content (AvgIpc) is 2.65. The number of methoxy groups -OCH3 is 1. The van der Waals surface area contributed by atoms with Crippen LogP contribution in [0.4, 0.5) is 4.79 Å². The lowest BCUT2D eigenvalue weighted by Gasteiger charge is -2.34. The smallest absolute Gasteiger partial charge is 0.324 e. The molecule has 0 aromatic heterocycles. The van der Waals surface area contributed by atoms with Crippen molar-refractivity contribution in [1.82, 2.24) is 10.2 Å². The van der Waals surface area contributed by atoms with Crippen molar-refractivity contribution in [3.05, 3.63) is 0 Å². The molecule has 0 aromatic carbocycles. The van der Waals surface area contributed by atoms with Crippen molar-refractivity contribution < 1.29 is 24.5 Å². The molecule has 0 unspecified atom stereocenters. The Kier molecular flexibility index (Phi) is 4.13. The molecule has 0 bridgehead atoms. The Hall–Kier alpha value is -0.800. The van der Waals surface area contributed by atoms with Crippen molar-refractivity contribution >= 4 is 23.2 Å². The summed E-state index contributed by atoms with van der Waals surface area (Å²) in [5.41, 5.74) is 0. The minimum absolute atomic E-state index is 0.328. The number of hydrogen-bond acceptors (Lipinski definition) is 6. The van der Waals surface area contributed by atoms with E-state index in [2.05, 4.69) is 5.32 Å². The number of rotatable bonds is 3. The molecule has 18 heavy (non-hydrogen) atoms. The molecular formula is C10H16N2O5S. The number of carbonyl (C=O) groups excluding carboxylic acids is 1. The van der Waals surface area contributed by atoms with Gasteiger partial charge in [-0.05, 0) is 0 Å². The molecule has 0 radical (unpaired) electrons. The van der Waals surface area contributed by atoms with Crippen molar-refractivity contribution in [3.8, 4) is 0 Å². The van der Waals surface area contributed by atoms with Crippen LogP contribution in [0.1, 0.15) is 6.42 Å². The van der Waals surface area contributed by atoms with E-state index >= 15 is 0 Å². The molecular weight excluding hydrogens is 260 g/mol. The quantitative estimate of drug-likeness (QED) is 0.562. The van der Waals surface area contributed by atoms with Crippen molar-refractivity contribution in [2.45, 2.75) is 31.0 Å². The summed E-state index contributed by atoms with van der Waals surface area (Å²) in [6.07, 6.45) is -2.57. The van der Waals surface area contributed by atoms with Gasteiger partial charge in [-0.25, -0.2) is 4.79 Å². The van der Waals surface area contributed by atoms with Crippen LogP contribution in [-0.4, -0.2) is 70.9 Å². The molecule has 4 atom stereocenters. The summed E-state index contributed by atoms with van der Waals surface area (Å²) in [5.74, 6) is 0. The number of thiocarbonyl (C=S) groups is 1. The second kappa shape index (κ2) is 5.45. The molecule has 0 aromatic rings. The minimum atomic E-state index is -0.966. The third kappa shape index (κ3) is 2.34. The summed E-state index contributed by atoms with van der Waals surface area (Å²) in [6.45, 7) is 0.0749. The van der Waals surface area contributed by atoms with Crippen LogP contribution in [0, 0.1) is 0 Å². The van der Waals surface area contributed by atoms with Crippen LogP contribution in [0.25, 0.3) is 0 Å². The molecule has 7 nitrogen and oxygen atoms in total. The van der Waals surface area contributed by atoms with Gasteiger partial charge in [0, 0.05) is 20.1 Å². The molecule has 0 spiro atoms. The van der Waals surface area contributed by atoms with Crippen LogP contribution >= 0.6 is 12.2 Å². The average molecular weight is 276 g/mol. The Labute approximate surface area is 110 Å². The highest BCUT2D eigenvalue weighted by Crippen LogP contribution is 2.27. The van der Waals surface area contributed by atoms with E-state index in [9.17, 15) is 9.90 Å². The zero-order valence-electron chi connectivity index (χ0n) is 9.91. The Morgan fingerprint density at radius 1 is 1.67 bits per heavy atom. The van der Waals surface area contributed by atoms with Gasteiger partial charge in [-0.1, -0.05) is 12.2 Å². The molecule has 102 valence electrons. The molecule has 2 aliphatic heterocycles. The summed E-state index contributed by atoms with van der Waals surface area (Å²) in [6, 6.07) is -0.371. The van der Waals surface area contributed by atoms with E-state index in [0.717, 1.165) is 0 Å². The summed E-state index contributed by atoms with van der Waals surface area (Å²) >= 11 is 4.92. The first-order valence-electron chi connectivity index (χ1n) is 5.66. The van der Waals surface area contributed by atoms with E-state index in [4.69, 9.17) is 26.8 Å². The van der Waals surface area contributed by atoms with Gasteiger partial charge in [-0.3, -0.25) is 4.90 Å². The fraction of sp³-hybridized carbons (Fsp3) is 0.800. The maximum atomic E-state index is 11.8. The molecule has 0 aliphatic carbocycles. The van der Waals surface area contributed by atoms with Crippen LogP contribution < -0.4 is 5.32 Å². The highest BCUT2D eigenvalue weighted by molar-refractivity contribution is 7.80. The van der Waals surface area contributed by atoms with Gasteiger partial charge in [0.25, 0.3) is 0 Å². The van der Waals surface area contributed by atoms with Gasteiger partial charge >= 0.3 is 6.03 Å². The summed E-state index contributed by atoms with van der Waals surface area (Å²) in [5, 5.41) is 21.5. The molecule has 2 aliphatic rings. The molecule has 2 fully saturated rings. The lowest BCUT2D eigenvalue weighted by atomic mass is 10.1. The monoisotopic (exact) mass is 276 g/mol. The first-order valence-corrected chi connectivity index (χ1v) is 6.07. The van der Waals surface area contributed by atoms with Gasteiger partial charge in [0.1, 0.15) is 18.3 Å². The summed E-state index contributed by atoms with van der Waals surface area (Å²) in [4.78, 5) is 13.7. The van der Waals surface area contributed by atoms with Gasteiger partial charge in [-0.15, -0.1) is 0 Å². The summed E-state index contributed by atoms with van der Waals surface area (Å²) in [7, 11) is 1.43. The van der Waals surface area contributed by atoms with Crippen LogP contribution in [0.2, 0.25) is 0 Å². The van der Waals surface area contributed by atoms with E-state index in [1.54, 1.807) is 0 Å². The standard InChI is InChI=1S/C10H16N2O5S/c1-16-8-7(14)5(4-13)17-9(8)12-3-2-6(18)11-10(12)15/h5,7-9,13-14H,2-4H2,1H3,(H,11,15,18)/t5-,7-,8-,9-/m1/s1. The number of urea groups is 1. The number of hydrogen-bond donors (Lipinski definition) is 3. The van der Waals surface area contributed by atoms with Gasteiger partial charge in [0.05, 0.1) is 11.6 Å². The van der Waals surface area contributed by atoms with Crippen molar-refractivity contribution in [2.24, 2.45) is 0 Å². The Morgan fingerprint density at radius 3 is 2.94 bits per heavy atom. The molecule has 2 saturated heterocycles. The third-order valence-corrected chi connectivity index (χ3v) is 3.47. The van der Waals surface area contributed by atoms with Crippen molar-refractivity contribution in [1.29, 1.82) is 0 Å². The van der Waals surface area contributed by atoms with E-state index in [1.807, 2.05) is 0 Å². The molecule has 3 N–H and O–H groups in total. The van der Waals surface area contributed by atoms with E-state index in [-0.39, 0.29) is 12.6 Å². The van der Waals surface area contributed by atoms with Crippen LogP contribution in [0.5, 0.6) is 0 Å². The number of aliphatic hydroxyl groups is 2. The van der Waals surface area contributed by atoms with Crippen LogP contribution in [0.3, 0.4) is 0 Å². The lowest BCUT2D eigenvalue weighted by Crippen LogP contribution is -2.56. The second-order valence-electron chi connectivity index (χ2n) is 4.24. The largest absolute Gasteiger partial charge is 0.394 e. The predicted octanol–water partition coefficient (Wildman–Crippen LogP) is -1.18. The number of carbonyl (C=O) groups is 1. The zero-order chi connectivity index (χ0) is 13.3. The van der Waals surface area contributed by atoms with E-state index in [0.29, 0.717) is 18.0 Å². The topological polar surface area (TPSA) is 91.3 Å². The molecule has 2 amide bonds. The van der Waals surface area contributed by atoms with Crippen molar-refractivity contribution in [2.75, 3.05) is 20.3 Å². The normalized spacial score (nSPS) is 36.9. The maximum Gasteiger partial charge on any atom is 0.324 e. The number of amides is 2. The Bertz CT molecular complexity index is 353. The second-order valence-corrected chi connectivity index (χ2v) is 4.73. The number of ether oxygens (including phenoxy) is 2. The Morgan fingerprint density at radius 2 is 2.39 bits per heavy atom. The predicted molar refractivity (Wildman–Crippen MR) is 65.0 cm³/mol. The fourth-order valence-corrected chi connectivity index (χ4v) is 2.37. The van der Waals surface area contributed by atoms with Crippen LogP contribution in [0.15, 0.2) is 0 Å². The minimum Gasteiger partial charge on any atom is -0.394 e. The van der Waals surface area contributed by atoms with Crippen molar-refractivity contribution in [3.63, 3.8) is 0 Å². The van der Waals surface area contributed by atoms with Gasteiger partial charge < -0.3 is 25.0 Å². The SMILES string of the molecule is CO[C@@H]1[C@H](O)[C@@H](CO)O[C@H]1N1CCC(=S)NC1=O. The number of nitrogens with one attached hydrogen (secondary N) is 1. The van der Waals surface area contributed by atoms with Gasteiger partial charge in [-0.2, -0.15) is 0 Å². The van der Waals surface area contributed by atoms with Gasteiger partial charge in [0.2, 0.25) is 0 Å². The first-order chi connectivity index (χ1) is 8.58. The molecule has 2 rings (SSSR count). The summed E-state index contributed by atoms with van der Waals surface area (Å²) < 4.78 is 10.6. The third-order valence-electron chi connectivity index (χ3n) is 3.16. The Balaban J connectivity index is 2.12. The molecule has 0 saturated carbocycles. The number of aliphatic hydroxyl groups excluding tert-OH is 2. The molecule has 2 heterocycles. The number of nitrogens with zero attached hydrogens (tertiary/aromatic N) is 1.